The molecule has 0 amide bonds. The second-order valence-corrected chi connectivity index (χ2v) is 2.49. The van der Waals surface area contributed by atoms with Crippen molar-refractivity contribution in [2.75, 3.05) is 5.88 Å². The first kappa shape index (κ1) is 8.67. The van der Waals surface area contributed by atoms with E-state index in [0.29, 0.717) is 11.8 Å². The Bertz CT molecular complexity index is 118. The molecule has 0 aliphatic heterocycles. The average molecular weight is 148 g/mol. The lowest BCUT2D eigenvalue weighted by Gasteiger charge is -2.08. The third kappa shape index (κ3) is 3.28. The third-order valence-corrected chi connectivity index (χ3v) is 1.46. The van der Waals surface area contributed by atoms with Crippen LogP contribution >= 0.6 is 11.6 Å². The molecule has 52 valence electrons. The van der Waals surface area contributed by atoms with E-state index in [4.69, 9.17) is 11.6 Å². The molecule has 0 aliphatic carbocycles. The molecule has 0 rings (SSSR count). The smallest absolute Gasteiger partial charge is 0.211 e. The molecule has 0 radical (unpaired) electrons. The number of carbonyl (C=O) groups excluding carboxylic acids is 1. The predicted molar refractivity (Wildman–Crippen MR) is 37.5 cm³/mol. The van der Waals surface area contributed by atoms with Crippen LogP contribution in [0.3, 0.4) is 0 Å². The summed E-state index contributed by atoms with van der Waals surface area (Å²) in [7, 11) is 0. The fraction of sp³-hybridized carbons (Fsp3) is 0.833. The van der Waals surface area contributed by atoms with Crippen LogP contribution in [0.2, 0.25) is 0 Å². The van der Waals surface area contributed by atoms with Crippen molar-refractivity contribution in [3.8, 4) is 0 Å². The maximum atomic E-state index is 9.73. The van der Waals surface area contributed by atoms with Crippen LogP contribution in [0, 0.1) is 5.92 Å². The summed E-state index contributed by atoms with van der Waals surface area (Å²) in [4.78, 5) is 13.2. The van der Waals surface area contributed by atoms with Gasteiger partial charge in [-0.3, -0.25) is 0 Å². The van der Waals surface area contributed by atoms with Crippen LogP contribution in [0.15, 0.2) is 4.99 Å². The van der Waals surface area contributed by atoms with Gasteiger partial charge in [-0.2, -0.15) is 0 Å². The fourth-order valence-electron chi connectivity index (χ4n) is 0.429. The topological polar surface area (TPSA) is 29.4 Å². The van der Waals surface area contributed by atoms with Gasteiger partial charge in [-0.25, -0.2) is 9.79 Å². The molecule has 0 aromatic carbocycles. The molecule has 0 aliphatic rings. The summed E-state index contributed by atoms with van der Waals surface area (Å²) in [6.45, 7) is 3.93. The normalized spacial score (nSPS) is 12.9. The number of aliphatic imine (C=N–C) groups is 1. The average Bonchev–Trinajstić information content (AvgIpc) is 1.82. The molecule has 1 atom stereocenters. The van der Waals surface area contributed by atoms with E-state index in [1.165, 1.54) is 6.08 Å². The van der Waals surface area contributed by atoms with Gasteiger partial charge in [0, 0.05) is 5.88 Å². The van der Waals surface area contributed by atoms with Crippen LogP contribution in [0.1, 0.15) is 13.8 Å². The lowest BCUT2D eigenvalue weighted by Crippen LogP contribution is -2.13. The Kier molecular flexibility index (Phi) is 4.37. The molecule has 0 saturated carbocycles. The van der Waals surface area contributed by atoms with Crippen molar-refractivity contribution in [2.24, 2.45) is 10.9 Å². The monoisotopic (exact) mass is 147 g/mol. The summed E-state index contributed by atoms with van der Waals surface area (Å²) in [6.07, 6.45) is 1.49. The van der Waals surface area contributed by atoms with Gasteiger partial charge in [0.15, 0.2) is 0 Å². The molecular formula is C6H10ClNO. The minimum Gasteiger partial charge on any atom is -0.211 e. The van der Waals surface area contributed by atoms with Crippen molar-refractivity contribution >= 4 is 17.7 Å². The Morgan fingerprint density at radius 3 is 2.33 bits per heavy atom. The van der Waals surface area contributed by atoms with Gasteiger partial charge >= 0.3 is 0 Å². The number of alkyl halides is 1. The standard InChI is InChI=1S/C6H10ClNO/c1-5(2)6(3-7)8-4-9/h5-6H,3H2,1-2H3/t6-/m0/s1. The summed E-state index contributed by atoms with van der Waals surface area (Å²) in [5.74, 6) is 0.719. The molecule has 0 saturated heterocycles. The van der Waals surface area contributed by atoms with E-state index in [-0.39, 0.29) is 6.04 Å². The van der Waals surface area contributed by atoms with E-state index in [9.17, 15) is 4.79 Å². The Hall–Kier alpha value is -0.330. The Morgan fingerprint density at radius 2 is 2.22 bits per heavy atom. The van der Waals surface area contributed by atoms with E-state index in [1.807, 2.05) is 13.8 Å². The van der Waals surface area contributed by atoms with Crippen LogP contribution < -0.4 is 0 Å². The van der Waals surface area contributed by atoms with Gasteiger partial charge in [-0.1, -0.05) is 13.8 Å². The first-order valence-electron chi connectivity index (χ1n) is 2.85. The summed E-state index contributed by atoms with van der Waals surface area (Å²) < 4.78 is 0. The Labute approximate surface area is 59.9 Å². The number of isocyanates is 1. The van der Waals surface area contributed by atoms with Gasteiger partial charge < -0.3 is 0 Å². The van der Waals surface area contributed by atoms with E-state index >= 15 is 0 Å². The van der Waals surface area contributed by atoms with Gasteiger partial charge in [0.25, 0.3) is 0 Å². The molecule has 0 N–H and O–H groups in total. The summed E-state index contributed by atoms with van der Waals surface area (Å²) in [6, 6.07) is -0.0656. The molecule has 3 heteroatoms. The van der Waals surface area contributed by atoms with E-state index in [2.05, 4.69) is 4.99 Å². The van der Waals surface area contributed by atoms with Gasteiger partial charge in [-0.15, -0.1) is 11.6 Å². The van der Waals surface area contributed by atoms with E-state index in [0.717, 1.165) is 0 Å². The molecule has 0 bridgehead atoms. The number of hydrogen-bond acceptors (Lipinski definition) is 2. The maximum absolute atomic E-state index is 9.73. The molecule has 0 spiro atoms. The highest BCUT2D eigenvalue weighted by Gasteiger charge is 2.08. The lowest BCUT2D eigenvalue weighted by molar-refractivity contribution is 0.517. The number of nitrogens with zero attached hydrogens (tertiary/aromatic N) is 1. The summed E-state index contributed by atoms with van der Waals surface area (Å²) >= 11 is 5.47. The zero-order valence-corrected chi connectivity index (χ0v) is 6.35. The van der Waals surface area contributed by atoms with Crippen molar-refractivity contribution in [3.63, 3.8) is 0 Å². The molecule has 0 heterocycles. The van der Waals surface area contributed by atoms with Gasteiger partial charge in [-0.05, 0) is 5.92 Å². The number of hydrogen-bond donors (Lipinski definition) is 0. The van der Waals surface area contributed by atoms with E-state index < -0.39 is 0 Å². The summed E-state index contributed by atoms with van der Waals surface area (Å²) in [5, 5.41) is 0. The van der Waals surface area contributed by atoms with Crippen LogP contribution in [0.4, 0.5) is 0 Å². The highest BCUT2D eigenvalue weighted by molar-refractivity contribution is 6.18. The van der Waals surface area contributed by atoms with E-state index in [1.54, 1.807) is 0 Å². The molecule has 0 unspecified atom stereocenters. The van der Waals surface area contributed by atoms with Gasteiger partial charge in [0.1, 0.15) is 0 Å². The zero-order valence-electron chi connectivity index (χ0n) is 5.60. The van der Waals surface area contributed by atoms with Crippen LogP contribution in [-0.4, -0.2) is 18.0 Å². The Balaban J connectivity index is 3.82. The highest BCUT2D eigenvalue weighted by Crippen LogP contribution is 2.06. The van der Waals surface area contributed by atoms with Crippen molar-refractivity contribution in [2.45, 2.75) is 19.9 Å². The highest BCUT2D eigenvalue weighted by atomic mass is 35.5. The maximum Gasteiger partial charge on any atom is 0.235 e. The van der Waals surface area contributed by atoms with Crippen molar-refractivity contribution in [1.29, 1.82) is 0 Å². The third-order valence-electron chi connectivity index (χ3n) is 1.15. The predicted octanol–water partition coefficient (Wildman–Crippen LogP) is 1.59. The number of halogens is 1. The molecule has 9 heavy (non-hydrogen) atoms. The quantitative estimate of drug-likeness (QED) is 0.339. The van der Waals surface area contributed by atoms with Crippen molar-refractivity contribution < 1.29 is 4.79 Å². The fourth-order valence-corrected chi connectivity index (χ4v) is 0.855. The van der Waals surface area contributed by atoms with Crippen LogP contribution in [0.5, 0.6) is 0 Å². The lowest BCUT2D eigenvalue weighted by atomic mass is 10.1. The first-order valence-corrected chi connectivity index (χ1v) is 3.38. The molecule has 0 aromatic rings. The molecule has 2 nitrogen and oxygen atoms in total. The zero-order chi connectivity index (χ0) is 7.28. The minimum absolute atomic E-state index is 0.0656. The molecule has 0 aromatic heterocycles. The Morgan fingerprint density at radius 1 is 1.67 bits per heavy atom. The van der Waals surface area contributed by atoms with Crippen molar-refractivity contribution in [1.82, 2.24) is 0 Å². The van der Waals surface area contributed by atoms with Crippen LogP contribution in [-0.2, 0) is 4.79 Å². The summed E-state index contributed by atoms with van der Waals surface area (Å²) in [5.41, 5.74) is 0. The molecular weight excluding hydrogens is 138 g/mol. The van der Waals surface area contributed by atoms with Crippen molar-refractivity contribution in [3.05, 3.63) is 0 Å². The minimum atomic E-state index is -0.0656. The number of rotatable bonds is 3. The molecule has 0 fully saturated rings. The van der Waals surface area contributed by atoms with Gasteiger partial charge in [0.2, 0.25) is 6.08 Å². The second-order valence-electron chi connectivity index (χ2n) is 2.19. The van der Waals surface area contributed by atoms with Crippen LogP contribution in [0.25, 0.3) is 0 Å². The SMILES string of the molecule is CC(C)[C@H](CCl)N=C=O. The first-order chi connectivity index (χ1) is 4.22. The second kappa shape index (κ2) is 4.54. The van der Waals surface area contributed by atoms with Gasteiger partial charge in [0.05, 0.1) is 6.04 Å². The largest absolute Gasteiger partial charge is 0.235 e.